The Bertz CT molecular complexity index is 908. The van der Waals surface area contributed by atoms with Crippen molar-refractivity contribution in [2.24, 2.45) is 0 Å². The molecule has 0 bridgehead atoms. The normalized spacial score (nSPS) is 11.6. The Labute approximate surface area is 147 Å². The van der Waals surface area contributed by atoms with Crippen molar-refractivity contribution < 1.29 is 22.8 Å². The van der Waals surface area contributed by atoms with E-state index < -0.39 is 29.1 Å². The number of nitrogens with one attached hydrogen (secondary N) is 1. The van der Waals surface area contributed by atoms with E-state index in [2.05, 4.69) is 5.32 Å². The van der Waals surface area contributed by atoms with Gasteiger partial charge in [-0.1, -0.05) is 24.3 Å². The third-order valence-corrected chi connectivity index (χ3v) is 3.46. The standard InChI is InChI=1S/C19H13F3N2O2/c1-12(25)15(10-13-6-8-14(11-23)9-7-13)18(26)24-17-5-3-2-4-16(17)19(20,21)22/h2-10H,1H3,(H,24,26)/b15-10+. The zero-order chi connectivity index (χ0) is 19.3. The van der Waals surface area contributed by atoms with Crippen LogP contribution in [0.25, 0.3) is 6.08 Å². The number of hydrogen-bond acceptors (Lipinski definition) is 3. The van der Waals surface area contributed by atoms with Crippen molar-refractivity contribution in [1.82, 2.24) is 0 Å². The van der Waals surface area contributed by atoms with Crippen LogP contribution >= 0.6 is 0 Å². The fraction of sp³-hybridized carbons (Fsp3) is 0.105. The second-order valence-corrected chi connectivity index (χ2v) is 5.35. The molecule has 132 valence electrons. The average Bonchev–Trinajstić information content (AvgIpc) is 2.59. The van der Waals surface area contributed by atoms with E-state index in [4.69, 9.17) is 5.26 Å². The van der Waals surface area contributed by atoms with Crippen LogP contribution in [0.4, 0.5) is 18.9 Å². The van der Waals surface area contributed by atoms with Crippen molar-refractivity contribution >= 4 is 23.5 Å². The number of ketones is 1. The predicted molar refractivity (Wildman–Crippen MR) is 89.9 cm³/mol. The van der Waals surface area contributed by atoms with Gasteiger partial charge >= 0.3 is 6.18 Å². The maximum absolute atomic E-state index is 13.0. The maximum atomic E-state index is 13.0. The van der Waals surface area contributed by atoms with E-state index in [1.54, 1.807) is 0 Å². The lowest BCUT2D eigenvalue weighted by Crippen LogP contribution is -2.21. The summed E-state index contributed by atoms with van der Waals surface area (Å²) < 4.78 is 39.1. The van der Waals surface area contributed by atoms with Crippen LogP contribution in [-0.4, -0.2) is 11.7 Å². The van der Waals surface area contributed by atoms with E-state index in [1.807, 2.05) is 6.07 Å². The number of carbonyl (C=O) groups is 2. The topological polar surface area (TPSA) is 70.0 Å². The minimum atomic E-state index is -4.64. The molecule has 0 fully saturated rings. The van der Waals surface area contributed by atoms with Gasteiger partial charge in [-0.2, -0.15) is 18.4 Å². The Morgan fingerprint density at radius 2 is 1.69 bits per heavy atom. The lowest BCUT2D eigenvalue weighted by atomic mass is 10.1. The number of halogens is 3. The zero-order valence-corrected chi connectivity index (χ0v) is 13.6. The highest BCUT2D eigenvalue weighted by atomic mass is 19.4. The summed E-state index contributed by atoms with van der Waals surface area (Å²) in [5.74, 6) is -1.55. The predicted octanol–water partition coefficient (Wildman–Crippen LogP) is 4.19. The minimum absolute atomic E-state index is 0.299. The molecule has 0 unspecified atom stereocenters. The van der Waals surface area contributed by atoms with Crippen molar-refractivity contribution in [3.63, 3.8) is 0 Å². The van der Waals surface area contributed by atoms with E-state index >= 15 is 0 Å². The smallest absolute Gasteiger partial charge is 0.321 e. The van der Waals surface area contributed by atoms with Gasteiger partial charge in [-0.25, -0.2) is 0 Å². The van der Waals surface area contributed by atoms with Gasteiger partial charge in [-0.05, 0) is 42.8 Å². The van der Waals surface area contributed by atoms with Gasteiger partial charge in [0.25, 0.3) is 5.91 Å². The van der Waals surface area contributed by atoms with E-state index in [9.17, 15) is 22.8 Å². The molecule has 0 radical (unpaired) electrons. The van der Waals surface area contributed by atoms with Gasteiger partial charge in [-0.3, -0.25) is 9.59 Å². The van der Waals surface area contributed by atoms with Crippen LogP contribution < -0.4 is 5.32 Å². The molecular formula is C19H13F3N2O2. The van der Waals surface area contributed by atoms with Crippen LogP contribution in [0.15, 0.2) is 54.1 Å². The summed E-state index contributed by atoms with van der Waals surface area (Å²) in [6.07, 6.45) is -3.38. The van der Waals surface area contributed by atoms with Crippen molar-refractivity contribution in [2.75, 3.05) is 5.32 Å². The molecule has 0 aromatic heterocycles. The van der Waals surface area contributed by atoms with E-state index in [0.29, 0.717) is 11.1 Å². The molecule has 0 aliphatic rings. The number of hydrogen-bond donors (Lipinski definition) is 1. The number of anilines is 1. The molecule has 0 aliphatic carbocycles. The summed E-state index contributed by atoms with van der Waals surface area (Å²) in [7, 11) is 0. The highest BCUT2D eigenvalue weighted by Gasteiger charge is 2.33. The second-order valence-electron chi connectivity index (χ2n) is 5.35. The largest absolute Gasteiger partial charge is 0.418 e. The lowest BCUT2D eigenvalue weighted by molar-refractivity contribution is -0.137. The Hall–Kier alpha value is -3.40. The minimum Gasteiger partial charge on any atom is -0.321 e. The molecule has 1 amide bonds. The molecule has 0 heterocycles. The monoisotopic (exact) mass is 358 g/mol. The van der Waals surface area contributed by atoms with Gasteiger partial charge in [0.15, 0.2) is 5.78 Å². The fourth-order valence-electron chi connectivity index (χ4n) is 2.18. The summed E-state index contributed by atoms with van der Waals surface area (Å²) in [6, 6.07) is 12.5. The number of para-hydroxylation sites is 1. The number of rotatable bonds is 4. The first kappa shape index (κ1) is 18.9. The quantitative estimate of drug-likeness (QED) is 0.506. The van der Waals surface area contributed by atoms with Crippen LogP contribution in [0.5, 0.6) is 0 Å². The maximum Gasteiger partial charge on any atom is 0.418 e. The fourth-order valence-corrected chi connectivity index (χ4v) is 2.18. The highest BCUT2D eigenvalue weighted by Crippen LogP contribution is 2.34. The van der Waals surface area contributed by atoms with Crippen LogP contribution in [0.1, 0.15) is 23.6 Å². The molecule has 1 N–H and O–H groups in total. The van der Waals surface area contributed by atoms with E-state index in [1.165, 1.54) is 42.5 Å². The molecule has 0 atom stereocenters. The SMILES string of the molecule is CC(=O)/C(=C\c1ccc(C#N)cc1)C(=O)Nc1ccccc1C(F)(F)F. The Morgan fingerprint density at radius 1 is 1.08 bits per heavy atom. The third kappa shape index (κ3) is 4.57. The number of nitrogens with zero attached hydrogens (tertiary/aromatic N) is 1. The number of amides is 1. The summed E-state index contributed by atoms with van der Waals surface area (Å²) in [6.45, 7) is 1.14. The van der Waals surface area contributed by atoms with Crippen molar-refractivity contribution in [3.8, 4) is 6.07 Å². The summed E-state index contributed by atoms with van der Waals surface area (Å²) in [5, 5.41) is 10.9. The molecule has 7 heteroatoms. The molecule has 2 aromatic carbocycles. The Morgan fingerprint density at radius 3 is 2.23 bits per heavy atom. The van der Waals surface area contributed by atoms with Gasteiger partial charge in [-0.15, -0.1) is 0 Å². The molecule has 26 heavy (non-hydrogen) atoms. The number of alkyl halides is 3. The molecular weight excluding hydrogens is 345 g/mol. The molecule has 0 saturated heterocycles. The molecule has 2 rings (SSSR count). The van der Waals surface area contributed by atoms with Gasteiger partial charge in [0.05, 0.1) is 28.5 Å². The molecule has 4 nitrogen and oxygen atoms in total. The zero-order valence-electron chi connectivity index (χ0n) is 13.6. The van der Waals surface area contributed by atoms with Gasteiger partial charge in [0.2, 0.25) is 0 Å². The van der Waals surface area contributed by atoms with Crippen LogP contribution in [-0.2, 0) is 15.8 Å². The molecule has 0 saturated carbocycles. The van der Waals surface area contributed by atoms with Gasteiger partial charge < -0.3 is 5.32 Å². The number of benzene rings is 2. The van der Waals surface area contributed by atoms with Gasteiger partial charge in [0, 0.05) is 0 Å². The van der Waals surface area contributed by atoms with Gasteiger partial charge in [0.1, 0.15) is 0 Å². The van der Waals surface area contributed by atoms with Crippen molar-refractivity contribution in [2.45, 2.75) is 13.1 Å². The molecule has 2 aromatic rings. The first-order valence-corrected chi connectivity index (χ1v) is 7.42. The second kappa shape index (κ2) is 7.66. The first-order valence-electron chi connectivity index (χ1n) is 7.42. The van der Waals surface area contributed by atoms with Crippen LogP contribution in [0.2, 0.25) is 0 Å². The molecule has 0 aliphatic heterocycles. The van der Waals surface area contributed by atoms with Crippen molar-refractivity contribution in [3.05, 3.63) is 70.8 Å². The highest BCUT2D eigenvalue weighted by molar-refractivity contribution is 6.25. The summed E-state index contributed by atoms with van der Waals surface area (Å²) in [5.41, 5.74) is -0.873. The average molecular weight is 358 g/mol. The lowest BCUT2D eigenvalue weighted by Gasteiger charge is -2.14. The molecule has 0 spiro atoms. The third-order valence-electron chi connectivity index (χ3n) is 3.46. The summed E-state index contributed by atoms with van der Waals surface area (Å²) in [4.78, 5) is 24.1. The Kier molecular flexibility index (Phi) is 5.58. The number of nitriles is 1. The van der Waals surface area contributed by atoms with Crippen LogP contribution in [0, 0.1) is 11.3 Å². The summed E-state index contributed by atoms with van der Waals surface area (Å²) >= 11 is 0. The number of Topliss-reactive ketones (excluding diaryl/α,β-unsaturated/α-hetero) is 1. The first-order chi connectivity index (χ1) is 12.2. The number of carbonyl (C=O) groups excluding carboxylic acids is 2. The van der Waals surface area contributed by atoms with E-state index in [-0.39, 0.29) is 5.57 Å². The van der Waals surface area contributed by atoms with Crippen LogP contribution in [0.3, 0.4) is 0 Å². The van der Waals surface area contributed by atoms with Crippen molar-refractivity contribution in [1.29, 1.82) is 5.26 Å². The Balaban J connectivity index is 2.34. The van der Waals surface area contributed by atoms with E-state index in [0.717, 1.165) is 19.1 Å².